The number of nitrogen functional groups attached to an aromatic ring is 1. The molecule has 5 nitrogen and oxygen atoms in total. The molecule has 0 bridgehead atoms. The Morgan fingerprint density at radius 1 is 1.35 bits per heavy atom. The second-order valence-electron chi connectivity index (χ2n) is 4.90. The molecule has 2 heterocycles. The van der Waals surface area contributed by atoms with Crippen LogP contribution in [0.4, 0.5) is 5.95 Å². The molecule has 0 fully saturated rings. The summed E-state index contributed by atoms with van der Waals surface area (Å²) in [6, 6.07) is 0. The Labute approximate surface area is 102 Å². The maximum atomic E-state index is 5.99. The molecule has 17 heavy (non-hydrogen) atoms. The lowest BCUT2D eigenvalue weighted by atomic mass is 10.1. The quantitative estimate of drug-likeness (QED) is 0.881. The molecule has 2 aromatic heterocycles. The van der Waals surface area contributed by atoms with Crippen LogP contribution in [0.5, 0.6) is 0 Å². The molecule has 94 valence electrons. The minimum Gasteiger partial charge on any atom is -0.369 e. The lowest BCUT2D eigenvalue weighted by molar-refractivity contribution is 0.520. The van der Waals surface area contributed by atoms with Gasteiger partial charge in [0.2, 0.25) is 5.95 Å². The van der Waals surface area contributed by atoms with Crippen LogP contribution in [0.2, 0.25) is 0 Å². The summed E-state index contributed by atoms with van der Waals surface area (Å²) < 4.78 is 3.96. The predicted octanol–water partition coefficient (Wildman–Crippen LogP) is 1.96. The van der Waals surface area contributed by atoms with Gasteiger partial charge >= 0.3 is 0 Å². The third-order valence-electron chi connectivity index (χ3n) is 3.09. The smallest absolute Gasteiger partial charge is 0.202 e. The van der Waals surface area contributed by atoms with Crippen LogP contribution >= 0.6 is 0 Å². The van der Waals surface area contributed by atoms with E-state index in [1.165, 1.54) is 0 Å². The van der Waals surface area contributed by atoms with Crippen LogP contribution in [-0.4, -0.2) is 19.3 Å². The van der Waals surface area contributed by atoms with Crippen molar-refractivity contribution < 1.29 is 0 Å². The second-order valence-corrected chi connectivity index (χ2v) is 4.90. The average Bonchev–Trinajstić information content (AvgIpc) is 2.73. The first-order chi connectivity index (χ1) is 8.04. The van der Waals surface area contributed by atoms with Gasteiger partial charge in [-0.2, -0.15) is 5.10 Å². The first-order valence-electron chi connectivity index (χ1n) is 6.22. The predicted molar refractivity (Wildman–Crippen MR) is 69.7 cm³/mol. The Balaban J connectivity index is 2.47. The number of imidazole rings is 1. The Hall–Kier alpha value is -1.52. The van der Waals surface area contributed by atoms with Gasteiger partial charge in [0.25, 0.3) is 0 Å². The molecule has 0 atom stereocenters. The highest BCUT2D eigenvalue weighted by Gasteiger charge is 2.16. The van der Waals surface area contributed by atoms with Gasteiger partial charge in [-0.3, -0.25) is 9.25 Å². The van der Waals surface area contributed by atoms with Crippen molar-refractivity contribution in [3.63, 3.8) is 0 Å². The van der Waals surface area contributed by atoms with Gasteiger partial charge < -0.3 is 5.73 Å². The number of hydrogen-bond donors (Lipinski definition) is 1. The zero-order valence-electron chi connectivity index (χ0n) is 11.1. The van der Waals surface area contributed by atoms with Crippen LogP contribution in [0.15, 0.2) is 0 Å². The van der Waals surface area contributed by atoms with Crippen LogP contribution in [0.1, 0.15) is 32.9 Å². The van der Waals surface area contributed by atoms with E-state index in [-0.39, 0.29) is 0 Å². The molecule has 0 saturated heterocycles. The van der Waals surface area contributed by atoms with E-state index in [0.29, 0.717) is 11.9 Å². The molecule has 0 unspecified atom stereocenters. The summed E-state index contributed by atoms with van der Waals surface area (Å²) in [4.78, 5) is 4.44. The SMILES string of the molecule is CCc1nn(C)c2c1nc(N)n2CCC(C)C. The topological polar surface area (TPSA) is 61.7 Å². The number of nitrogens with zero attached hydrogens (tertiary/aromatic N) is 4. The zero-order valence-corrected chi connectivity index (χ0v) is 11.1. The standard InChI is InChI=1S/C12H21N5/c1-5-9-10-11(16(4)15-9)17(12(13)14-10)7-6-8(2)3/h8H,5-7H2,1-4H3,(H2,13,14). The Morgan fingerprint density at radius 3 is 2.65 bits per heavy atom. The highest BCUT2D eigenvalue weighted by Crippen LogP contribution is 2.22. The maximum absolute atomic E-state index is 5.99. The van der Waals surface area contributed by atoms with E-state index in [9.17, 15) is 0 Å². The van der Waals surface area contributed by atoms with E-state index in [4.69, 9.17) is 5.73 Å². The summed E-state index contributed by atoms with van der Waals surface area (Å²) >= 11 is 0. The normalized spacial score (nSPS) is 11.8. The zero-order chi connectivity index (χ0) is 12.6. The summed E-state index contributed by atoms with van der Waals surface area (Å²) in [6.45, 7) is 7.42. The van der Waals surface area contributed by atoms with Gasteiger partial charge in [-0.05, 0) is 18.8 Å². The van der Waals surface area contributed by atoms with E-state index >= 15 is 0 Å². The number of rotatable bonds is 4. The minimum atomic E-state index is 0.600. The van der Waals surface area contributed by atoms with Crippen molar-refractivity contribution in [3.8, 4) is 0 Å². The van der Waals surface area contributed by atoms with Gasteiger partial charge in [0, 0.05) is 13.6 Å². The van der Waals surface area contributed by atoms with Gasteiger partial charge in [-0.1, -0.05) is 20.8 Å². The third-order valence-corrected chi connectivity index (χ3v) is 3.09. The summed E-state index contributed by atoms with van der Waals surface area (Å²) in [7, 11) is 1.95. The molecule has 0 aliphatic carbocycles. The number of anilines is 1. The second kappa shape index (κ2) is 4.39. The molecule has 0 aromatic carbocycles. The van der Waals surface area contributed by atoms with Gasteiger partial charge in [0.05, 0.1) is 5.69 Å². The Morgan fingerprint density at radius 2 is 2.06 bits per heavy atom. The molecular formula is C12H21N5. The number of aryl methyl sites for hydroxylation is 3. The molecule has 0 spiro atoms. The van der Waals surface area contributed by atoms with Crippen LogP contribution in [0, 0.1) is 5.92 Å². The van der Waals surface area contributed by atoms with Crippen molar-refractivity contribution in [1.82, 2.24) is 19.3 Å². The van der Waals surface area contributed by atoms with Crippen molar-refractivity contribution in [2.24, 2.45) is 13.0 Å². The lowest BCUT2D eigenvalue weighted by Gasteiger charge is -2.08. The molecular weight excluding hydrogens is 214 g/mol. The molecule has 0 amide bonds. The molecule has 5 heteroatoms. The number of nitrogens with two attached hydrogens (primary N) is 1. The van der Waals surface area contributed by atoms with E-state index < -0.39 is 0 Å². The molecule has 0 radical (unpaired) electrons. The molecule has 2 aromatic rings. The highest BCUT2D eigenvalue weighted by molar-refractivity contribution is 5.77. The van der Waals surface area contributed by atoms with Crippen LogP contribution in [-0.2, 0) is 20.0 Å². The fourth-order valence-corrected chi connectivity index (χ4v) is 2.10. The van der Waals surface area contributed by atoms with Gasteiger partial charge in [-0.15, -0.1) is 0 Å². The molecule has 0 aliphatic rings. The summed E-state index contributed by atoms with van der Waals surface area (Å²) in [5.74, 6) is 1.26. The number of hydrogen-bond acceptors (Lipinski definition) is 3. The summed E-state index contributed by atoms with van der Waals surface area (Å²) in [6.07, 6.45) is 1.99. The Kier molecular flexibility index (Phi) is 3.09. The third kappa shape index (κ3) is 2.01. The average molecular weight is 235 g/mol. The van der Waals surface area contributed by atoms with Crippen molar-refractivity contribution in [2.75, 3.05) is 5.73 Å². The van der Waals surface area contributed by atoms with Crippen molar-refractivity contribution in [1.29, 1.82) is 0 Å². The largest absolute Gasteiger partial charge is 0.369 e. The highest BCUT2D eigenvalue weighted by atomic mass is 15.3. The molecule has 2 N–H and O–H groups in total. The van der Waals surface area contributed by atoms with E-state index in [2.05, 4.69) is 35.4 Å². The molecule has 0 aliphatic heterocycles. The fraction of sp³-hybridized carbons (Fsp3) is 0.667. The van der Waals surface area contributed by atoms with Gasteiger partial charge in [0.1, 0.15) is 5.52 Å². The Bertz CT molecular complexity index is 520. The first kappa shape index (κ1) is 12.0. The molecule has 2 rings (SSSR count). The van der Waals surface area contributed by atoms with E-state index in [1.54, 1.807) is 0 Å². The van der Waals surface area contributed by atoms with Crippen molar-refractivity contribution >= 4 is 17.1 Å². The van der Waals surface area contributed by atoms with Crippen molar-refractivity contribution in [3.05, 3.63) is 5.69 Å². The summed E-state index contributed by atoms with van der Waals surface area (Å²) in [5, 5.41) is 4.47. The fourth-order valence-electron chi connectivity index (χ4n) is 2.10. The number of aromatic nitrogens is 4. The van der Waals surface area contributed by atoms with Crippen LogP contribution in [0.3, 0.4) is 0 Å². The first-order valence-corrected chi connectivity index (χ1v) is 6.22. The monoisotopic (exact) mass is 235 g/mol. The summed E-state index contributed by atoms with van der Waals surface area (Å²) in [5.41, 5.74) is 9.01. The van der Waals surface area contributed by atoms with Gasteiger partial charge in [-0.25, -0.2) is 4.98 Å². The van der Waals surface area contributed by atoms with Crippen LogP contribution in [0.25, 0.3) is 11.2 Å². The number of fused-ring (bicyclic) bond motifs is 1. The maximum Gasteiger partial charge on any atom is 0.202 e. The molecule has 0 saturated carbocycles. The van der Waals surface area contributed by atoms with E-state index in [0.717, 1.165) is 36.2 Å². The van der Waals surface area contributed by atoms with Crippen molar-refractivity contribution in [2.45, 2.75) is 40.2 Å². The van der Waals surface area contributed by atoms with Crippen LogP contribution < -0.4 is 5.73 Å². The lowest BCUT2D eigenvalue weighted by Crippen LogP contribution is -2.08. The minimum absolute atomic E-state index is 0.600. The van der Waals surface area contributed by atoms with Gasteiger partial charge in [0.15, 0.2) is 5.65 Å². The van der Waals surface area contributed by atoms with E-state index in [1.807, 2.05) is 11.7 Å².